The van der Waals surface area contributed by atoms with Crippen LogP contribution in [0.2, 0.25) is 5.02 Å². The molecule has 84 valence electrons. The average molecular weight is 247 g/mol. The van der Waals surface area contributed by atoms with Gasteiger partial charge < -0.3 is 4.79 Å². The third kappa shape index (κ3) is 3.59. The molecule has 0 unspecified atom stereocenters. The molecule has 1 aromatic rings. The lowest BCUT2D eigenvalue weighted by molar-refractivity contribution is -0.137. The van der Waals surface area contributed by atoms with Crippen molar-refractivity contribution in [2.45, 2.75) is 12.6 Å². The second kappa shape index (κ2) is 5.04. The van der Waals surface area contributed by atoms with Crippen LogP contribution >= 0.6 is 11.6 Å². The number of benzene rings is 1. The molecule has 0 saturated carbocycles. The van der Waals surface area contributed by atoms with Crippen LogP contribution in [0.15, 0.2) is 18.2 Å². The number of aldehydes is 1. The Bertz CT molecular complexity index is 455. The van der Waals surface area contributed by atoms with Crippen LogP contribution < -0.4 is 0 Å². The van der Waals surface area contributed by atoms with Gasteiger partial charge in [0.1, 0.15) is 6.29 Å². The molecule has 0 atom stereocenters. The Balaban J connectivity index is 3.10. The molecular weight excluding hydrogens is 241 g/mol. The summed E-state index contributed by atoms with van der Waals surface area (Å²) >= 11 is 5.53. The molecule has 1 nitrogen and oxygen atoms in total. The maximum Gasteiger partial charge on any atom is 0.416 e. The van der Waals surface area contributed by atoms with E-state index in [0.717, 1.165) is 12.1 Å². The zero-order valence-electron chi connectivity index (χ0n) is 7.94. The van der Waals surface area contributed by atoms with E-state index in [4.69, 9.17) is 11.6 Å². The van der Waals surface area contributed by atoms with Gasteiger partial charge in [-0.05, 0) is 18.2 Å². The quantitative estimate of drug-likeness (QED) is 0.549. The van der Waals surface area contributed by atoms with Crippen molar-refractivity contribution in [2.24, 2.45) is 0 Å². The van der Waals surface area contributed by atoms with E-state index in [1.165, 1.54) is 6.07 Å². The molecule has 0 spiro atoms. The molecule has 0 aliphatic rings. The number of alkyl halides is 3. The van der Waals surface area contributed by atoms with E-state index in [1.807, 2.05) is 0 Å². The zero-order valence-corrected chi connectivity index (χ0v) is 8.69. The van der Waals surface area contributed by atoms with Gasteiger partial charge in [-0.25, -0.2) is 0 Å². The van der Waals surface area contributed by atoms with Crippen molar-refractivity contribution in [2.75, 3.05) is 0 Å². The molecule has 0 aliphatic heterocycles. The second-order valence-electron chi connectivity index (χ2n) is 2.90. The van der Waals surface area contributed by atoms with E-state index in [0.29, 0.717) is 6.29 Å². The maximum absolute atomic E-state index is 12.4. The Hall–Kier alpha value is -1.47. The first-order valence-electron chi connectivity index (χ1n) is 4.24. The van der Waals surface area contributed by atoms with E-state index in [9.17, 15) is 18.0 Å². The molecule has 0 amide bonds. The van der Waals surface area contributed by atoms with E-state index in [2.05, 4.69) is 11.8 Å². The summed E-state index contributed by atoms with van der Waals surface area (Å²) in [7, 11) is 0. The highest BCUT2D eigenvalue weighted by molar-refractivity contribution is 6.30. The van der Waals surface area contributed by atoms with Crippen LogP contribution in [-0.2, 0) is 11.0 Å². The minimum Gasteiger partial charge on any atom is -0.302 e. The number of hydrogen-bond donors (Lipinski definition) is 0. The highest BCUT2D eigenvalue weighted by Crippen LogP contribution is 2.31. The van der Waals surface area contributed by atoms with E-state index >= 15 is 0 Å². The Morgan fingerprint density at radius 2 is 2.00 bits per heavy atom. The molecule has 0 aromatic heterocycles. The summed E-state index contributed by atoms with van der Waals surface area (Å²) in [5, 5.41) is -0.0368. The van der Waals surface area contributed by atoms with E-state index in [1.54, 1.807) is 0 Å². The van der Waals surface area contributed by atoms with Gasteiger partial charge in [0.2, 0.25) is 0 Å². The molecule has 0 aliphatic carbocycles. The number of rotatable bonds is 1. The van der Waals surface area contributed by atoms with E-state index < -0.39 is 11.7 Å². The predicted octanol–water partition coefficient (Wildman–Crippen LogP) is 3.30. The van der Waals surface area contributed by atoms with Crippen LogP contribution in [-0.4, -0.2) is 6.29 Å². The lowest BCUT2D eigenvalue weighted by atomic mass is 10.1. The molecule has 0 saturated heterocycles. The first-order valence-corrected chi connectivity index (χ1v) is 4.61. The van der Waals surface area contributed by atoms with Gasteiger partial charge in [-0.15, -0.1) is 0 Å². The number of halogens is 4. The maximum atomic E-state index is 12.4. The van der Waals surface area contributed by atoms with Crippen molar-refractivity contribution < 1.29 is 18.0 Å². The molecular formula is C11H6ClF3O. The van der Waals surface area contributed by atoms with Crippen LogP contribution in [0.25, 0.3) is 0 Å². The third-order valence-electron chi connectivity index (χ3n) is 1.64. The average Bonchev–Trinajstić information content (AvgIpc) is 2.16. The molecule has 1 aromatic carbocycles. The topological polar surface area (TPSA) is 17.1 Å². The number of carbonyl (C=O) groups is 1. The summed E-state index contributed by atoms with van der Waals surface area (Å²) < 4.78 is 37.1. The van der Waals surface area contributed by atoms with Gasteiger partial charge >= 0.3 is 6.18 Å². The summed E-state index contributed by atoms with van der Waals surface area (Å²) in [5.41, 5.74) is -0.711. The van der Waals surface area contributed by atoms with Gasteiger partial charge in [-0.3, -0.25) is 0 Å². The standard InChI is InChI=1S/C11H6ClF3O/c12-10-6-8(3-1-2-4-16)5-9(7-10)11(13,14)15/h4-7H,2H2. The van der Waals surface area contributed by atoms with Gasteiger partial charge in [-0.2, -0.15) is 13.2 Å². The van der Waals surface area contributed by atoms with Gasteiger partial charge in [0, 0.05) is 10.6 Å². The minimum absolute atomic E-state index is 0.0200. The van der Waals surface area contributed by atoms with E-state index in [-0.39, 0.29) is 17.0 Å². The monoisotopic (exact) mass is 246 g/mol. The van der Waals surface area contributed by atoms with Crippen molar-refractivity contribution in [1.82, 2.24) is 0 Å². The first kappa shape index (κ1) is 12.6. The second-order valence-corrected chi connectivity index (χ2v) is 3.34. The normalized spacial score (nSPS) is 10.5. The molecule has 0 heterocycles. The molecule has 0 radical (unpaired) electrons. The molecule has 0 fully saturated rings. The fourth-order valence-corrected chi connectivity index (χ4v) is 1.26. The van der Waals surface area contributed by atoms with Crippen LogP contribution in [0.1, 0.15) is 17.5 Å². The zero-order chi connectivity index (χ0) is 12.2. The van der Waals surface area contributed by atoms with Crippen molar-refractivity contribution in [1.29, 1.82) is 0 Å². The Morgan fingerprint density at radius 3 is 2.56 bits per heavy atom. The van der Waals surface area contributed by atoms with Gasteiger partial charge in [0.15, 0.2) is 0 Å². The van der Waals surface area contributed by atoms with Crippen LogP contribution in [0.3, 0.4) is 0 Å². The Kier molecular flexibility index (Phi) is 3.97. The fraction of sp³-hybridized carbons (Fsp3) is 0.182. The molecule has 1 rings (SSSR count). The van der Waals surface area contributed by atoms with Crippen molar-refractivity contribution in [3.63, 3.8) is 0 Å². The highest BCUT2D eigenvalue weighted by atomic mass is 35.5. The lowest BCUT2D eigenvalue weighted by Gasteiger charge is -2.07. The van der Waals surface area contributed by atoms with Crippen LogP contribution in [0.4, 0.5) is 13.2 Å². The highest BCUT2D eigenvalue weighted by Gasteiger charge is 2.30. The molecule has 0 bridgehead atoms. The smallest absolute Gasteiger partial charge is 0.302 e. The molecule has 0 N–H and O–H groups in total. The SMILES string of the molecule is O=CCC#Cc1cc(Cl)cc(C(F)(F)F)c1. The van der Waals surface area contributed by atoms with Crippen LogP contribution in [0, 0.1) is 11.8 Å². The van der Waals surface area contributed by atoms with Crippen LogP contribution in [0.5, 0.6) is 0 Å². The van der Waals surface area contributed by atoms with Crippen molar-refractivity contribution in [3.8, 4) is 11.8 Å². The third-order valence-corrected chi connectivity index (χ3v) is 1.86. The molecule has 5 heteroatoms. The summed E-state index contributed by atoms with van der Waals surface area (Å²) in [6.07, 6.45) is -3.90. The summed E-state index contributed by atoms with van der Waals surface area (Å²) in [4.78, 5) is 9.98. The summed E-state index contributed by atoms with van der Waals surface area (Å²) in [6.45, 7) is 0. The first-order chi connectivity index (χ1) is 7.43. The molecule has 16 heavy (non-hydrogen) atoms. The predicted molar refractivity (Wildman–Crippen MR) is 54.0 cm³/mol. The Morgan fingerprint density at radius 1 is 1.31 bits per heavy atom. The largest absolute Gasteiger partial charge is 0.416 e. The van der Waals surface area contributed by atoms with Gasteiger partial charge in [-0.1, -0.05) is 23.4 Å². The fourth-order valence-electron chi connectivity index (χ4n) is 1.02. The number of carbonyl (C=O) groups excluding carboxylic acids is 1. The van der Waals surface area contributed by atoms with Crippen molar-refractivity contribution >= 4 is 17.9 Å². The lowest BCUT2D eigenvalue weighted by Crippen LogP contribution is -2.04. The number of hydrogen-bond acceptors (Lipinski definition) is 1. The van der Waals surface area contributed by atoms with Gasteiger partial charge in [0.25, 0.3) is 0 Å². The minimum atomic E-state index is -4.45. The summed E-state index contributed by atoms with van der Waals surface area (Å²) in [6, 6.07) is 3.03. The van der Waals surface area contributed by atoms with Gasteiger partial charge in [0.05, 0.1) is 12.0 Å². The summed E-state index contributed by atoms with van der Waals surface area (Å²) in [5.74, 6) is 4.85. The van der Waals surface area contributed by atoms with Crippen molar-refractivity contribution in [3.05, 3.63) is 34.3 Å². The Labute approximate surface area is 95.2 Å².